The maximum atomic E-state index is 12.0. The Balaban J connectivity index is 2.16. The first-order valence-corrected chi connectivity index (χ1v) is 7.09. The van der Waals surface area contributed by atoms with E-state index in [0.29, 0.717) is 6.42 Å². The molecule has 0 fully saturated rings. The monoisotopic (exact) mass is 283 g/mol. The van der Waals surface area contributed by atoms with Crippen molar-refractivity contribution in [2.24, 2.45) is 0 Å². The summed E-state index contributed by atoms with van der Waals surface area (Å²) in [5.41, 5.74) is 10.0. The molecule has 2 N–H and O–H groups in total. The van der Waals surface area contributed by atoms with Crippen molar-refractivity contribution in [3.63, 3.8) is 0 Å². The summed E-state index contributed by atoms with van der Waals surface area (Å²) in [5, 5.41) is 0. The van der Waals surface area contributed by atoms with Crippen LogP contribution in [0, 0.1) is 6.92 Å². The van der Waals surface area contributed by atoms with Crippen LogP contribution in [0.15, 0.2) is 48.5 Å². The van der Waals surface area contributed by atoms with Gasteiger partial charge in [-0.15, -0.1) is 0 Å². The topological polar surface area (TPSA) is 52.3 Å². The Morgan fingerprint density at radius 2 is 1.90 bits per heavy atom. The fourth-order valence-corrected chi connectivity index (χ4v) is 2.50. The number of nitrogen functional groups attached to an aromatic ring is 1. The van der Waals surface area contributed by atoms with Crippen molar-refractivity contribution < 1.29 is 9.53 Å². The molecule has 0 amide bonds. The van der Waals surface area contributed by atoms with E-state index in [4.69, 9.17) is 10.5 Å². The predicted molar refractivity (Wildman–Crippen MR) is 85.1 cm³/mol. The lowest BCUT2D eigenvalue weighted by atomic mass is 9.91. The summed E-state index contributed by atoms with van der Waals surface area (Å²) in [7, 11) is 1.43. The number of nitrogens with two attached hydrogens (primary N) is 1. The zero-order valence-electron chi connectivity index (χ0n) is 12.5. The standard InChI is InChI=1S/C18H21NO2/c1-13-8-11-17(19)15(12-13)9-10-16(18(20)21-2)14-6-4-3-5-7-14/h3-8,11-12,16H,9-10,19H2,1-2H3. The Morgan fingerprint density at radius 1 is 1.19 bits per heavy atom. The highest BCUT2D eigenvalue weighted by Crippen LogP contribution is 2.25. The van der Waals surface area contributed by atoms with Gasteiger partial charge >= 0.3 is 5.97 Å². The Morgan fingerprint density at radius 3 is 2.57 bits per heavy atom. The number of anilines is 1. The number of carbonyl (C=O) groups is 1. The summed E-state index contributed by atoms with van der Waals surface area (Å²) in [4.78, 5) is 12.0. The van der Waals surface area contributed by atoms with E-state index >= 15 is 0 Å². The van der Waals surface area contributed by atoms with Gasteiger partial charge in [-0.25, -0.2) is 0 Å². The first-order valence-electron chi connectivity index (χ1n) is 7.09. The summed E-state index contributed by atoms with van der Waals surface area (Å²) < 4.78 is 4.94. The number of esters is 1. The highest BCUT2D eigenvalue weighted by molar-refractivity contribution is 5.78. The zero-order chi connectivity index (χ0) is 15.2. The fraction of sp³-hybridized carbons (Fsp3) is 0.278. The molecule has 0 radical (unpaired) electrons. The molecule has 2 aromatic rings. The smallest absolute Gasteiger partial charge is 0.313 e. The molecule has 0 spiro atoms. The van der Waals surface area contributed by atoms with E-state index in [1.54, 1.807) is 0 Å². The van der Waals surface area contributed by atoms with E-state index in [9.17, 15) is 4.79 Å². The second-order valence-corrected chi connectivity index (χ2v) is 5.23. The van der Waals surface area contributed by atoms with Gasteiger partial charge in [0.15, 0.2) is 0 Å². The van der Waals surface area contributed by atoms with Gasteiger partial charge in [0, 0.05) is 5.69 Å². The van der Waals surface area contributed by atoms with Gasteiger partial charge in [-0.05, 0) is 37.0 Å². The number of hydrogen-bond acceptors (Lipinski definition) is 3. The second-order valence-electron chi connectivity index (χ2n) is 5.23. The molecule has 3 heteroatoms. The lowest BCUT2D eigenvalue weighted by molar-refractivity contribution is -0.142. The van der Waals surface area contributed by atoms with Gasteiger partial charge in [0.1, 0.15) is 0 Å². The molecule has 1 unspecified atom stereocenters. The molecule has 0 aliphatic carbocycles. The third-order valence-corrected chi connectivity index (χ3v) is 3.69. The van der Waals surface area contributed by atoms with Crippen LogP contribution in [0.5, 0.6) is 0 Å². The van der Waals surface area contributed by atoms with Gasteiger partial charge in [-0.3, -0.25) is 4.79 Å². The number of hydrogen-bond donors (Lipinski definition) is 1. The Hall–Kier alpha value is -2.29. The van der Waals surface area contributed by atoms with Gasteiger partial charge in [0.25, 0.3) is 0 Å². The van der Waals surface area contributed by atoms with Crippen molar-refractivity contribution in [3.8, 4) is 0 Å². The van der Waals surface area contributed by atoms with Crippen LogP contribution < -0.4 is 5.73 Å². The number of rotatable bonds is 5. The third-order valence-electron chi connectivity index (χ3n) is 3.69. The molecule has 2 rings (SSSR count). The van der Waals surface area contributed by atoms with Gasteiger partial charge in [0.05, 0.1) is 13.0 Å². The minimum atomic E-state index is -0.254. The Bertz CT molecular complexity index is 608. The fourth-order valence-electron chi connectivity index (χ4n) is 2.50. The van der Waals surface area contributed by atoms with Gasteiger partial charge < -0.3 is 10.5 Å². The van der Waals surface area contributed by atoms with E-state index in [1.165, 1.54) is 12.7 Å². The van der Waals surface area contributed by atoms with Crippen molar-refractivity contribution in [1.29, 1.82) is 0 Å². The van der Waals surface area contributed by atoms with Crippen LogP contribution in [0.3, 0.4) is 0 Å². The van der Waals surface area contributed by atoms with Crippen LogP contribution in [0.4, 0.5) is 5.69 Å². The van der Waals surface area contributed by atoms with Crippen molar-refractivity contribution in [3.05, 3.63) is 65.2 Å². The zero-order valence-corrected chi connectivity index (χ0v) is 12.5. The summed E-state index contributed by atoms with van der Waals surface area (Å²) >= 11 is 0. The van der Waals surface area contributed by atoms with E-state index in [0.717, 1.165) is 23.2 Å². The van der Waals surface area contributed by atoms with Gasteiger partial charge in [0.2, 0.25) is 0 Å². The number of carbonyl (C=O) groups excluding carboxylic acids is 1. The van der Waals surface area contributed by atoms with E-state index in [2.05, 4.69) is 6.07 Å². The Kier molecular flexibility index (Phi) is 4.99. The molecule has 0 heterocycles. The molecule has 0 saturated heterocycles. The molecule has 0 bridgehead atoms. The first-order chi connectivity index (χ1) is 10.1. The summed E-state index contributed by atoms with van der Waals surface area (Å²) in [6.07, 6.45) is 1.44. The molecule has 2 aromatic carbocycles. The molecular weight excluding hydrogens is 262 g/mol. The van der Waals surface area contributed by atoms with Crippen LogP contribution in [0.1, 0.15) is 29.0 Å². The predicted octanol–water partition coefficient (Wildman–Crippen LogP) is 3.47. The lowest BCUT2D eigenvalue weighted by Gasteiger charge is -2.16. The third kappa shape index (κ3) is 3.85. The normalized spacial score (nSPS) is 11.9. The van der Waals surface area contributed by atoms with Crippen molar-refractivity contribution in [2.45, 2.75) is 25.7 Å². The molecule has 0 aromatic heterocycles. The quantitative estimate of drug-likeness (QED) is 0.675. The molecule has 1 atom stereocenters. The highest BCUT2D eigenvalue weighted by atomic mass is 16.5. The van der Waals surface area contributed by atoms with Gasteiger partial charge in [-0.1, -0.05) is 48.0 Å². The van der Waals surface area contributed by atoms with Crippen LogP contribution in [0.25, 0.3) is 0 Å². The number of aryl methyl sites for hydroxylation is 2. The number of benzene rings is 2. The molecule has 110 valence electrons. The largest absolute Gasteiger partial charge is 0.469 e. The van der Waals surface area contributed by atoms with Gasteiger partial charge in [-0.2, -0.15) is 0 Å². The SMILES string of the molecule is COC(=O)C(CCc1cc(C)ccc1N)c1ccccc1. The van der Waals surface area contributed by atoms with E-state index < -0.39 is 0 Å². The molecule has 0 aliphatic rings. The molecule has 21 heavy (non-hydrogen) atoms. The van der Waals surface area contributed by atoms with Crippen molar-refractivity contribution in [2.75, 3.05) is 12.8 Å². The second kappa shape index (κ2) is 6.93. The number of methoxy groups -OCH3 is 1. The first kappa shape index (κ1) is 15.1. The minimum absolute atomic E-state index is 0.201. The minimum Gasteiger partial charge on any atom is -0.469 e. The summed E-state index contributed by atoms with van der Waals surface area (Å²) in [6.45, 7) is 2.04. The highest BCUT2D eigenvalue weighted by Gasteiger charge is 2.21. The van der Waals surface area contributed by atoms with E-state index in [1.807, 2.05) is 49.4 Å². The lowest BCUT2D eigenvalue weighted by Crippen LogP contribution is -2.15. The van der Waals surface area contributed by atoms with Crippen LogP contribution >= 0.6 is 0 Å². The maximum absolute atomic E-state index is 12.0. The van der Waals surface area contributed by atoms with Crippen molar-refractivity contribution in [1.82, 2.24) is 0 Å². The summed E-state index contributed by atoms with van der Waals surface area (Å²) in [6, 6.07) is 15.7. The summed E-state index contributed by atoms with van der Waals surface area (Å²) in [5.74, 6) is -0.455. The Labute approximate surface area is 125 Å². The molecule has 0 aliphatic heterocycles. The van der Waals surface area contributed by atoms with Crippen LogP contribution in [-0.2, 0) is 16.0 Å². The van der Waals surface area contributed by atoms with Crippen LogP contribution in [-0.4, -0.2) is 13.1 Å². The maximum Gasteiger partial charge on any atom is 0.313 e. The van der Waals surface area contributed by atoms with E-state index in [-0.39, 0.29) is 11.9 Å². The van der Waals surface area contributed by atoms with Crippen molar-refractivity contribution >= 4 is 11.7 Å². The average Bonchev–Trinajstić information content (AvgIpc) is 2.51. The number of ether oxygens (including phenoxy) is 1. The molecule has 0 saturated carbocycles. The average molecular weight is 283 g/mol. The molecular formula is C18H21NO2. The van der Waals surface area contributed by atoms with Crippen LogP contribution in [0.2, 0.25) is 0 Å². The molecule has 3 nitrogen and oxygen atoms in total.